The average Bonchev–Trinajstić information content (AvgIpc) is 3.06. The minimum Gasteiger partial charge on any atom is -0.394 e. The molecule has 24 heavy (non-hydrogen) atoms. The number of halogens is 1. The number of aromatic nitrogens is 4. The largest absolute Gasteiger partial charge is 0.394 e. The Morgan fingerprint density at radius 1 is 1.50 bits per heavy atom. The molecular formula is C15H19FN4O4. The van der Waals surface area contributed by atoms with Crippen molar-refractivity contribution < 1.29 is 24.1 Å². The Balaban J connectivity index is 1.91. The van der Waals surface area contributed by atoms with Gasteiger partial charge in [0, 0.05) is 24.4 Å². The first-order valence-corrected chi connectivity index (χ1v) is 7.52. The highest BCUT2D eigenvalue weighted by Gasteiger charge is 2.41. The maximum absolute atomic E-state index is 13.3. The molecule has 2 aromatic rings. The molecule has 0 saturated carbocycles. The van der Waals surface area contributed by atoms with E-state index in [1.807, 2.05) is 0 Å². The number of methoxy groups -OCH3 is 1. The SMILES string of the molecule is COC1COC(CO)C(O)C1n1cc(-c2cnc(F)c(C)c2)nn1. The standard InChI is InChI=1S/C15H19FN4O4/c1-8-3-9(4-17-15(8)16)10-5-20(19-18-10)13-12(23-2)7-24-11(6-21)14(13)22/h3-5,11-14,21-22H,6-7H2,1-2H3. The number of nitrogens with zero attached hydrogens (tertiary/aromatic N) is 4. The zero-order valence-electron chi connectivity index (χ0n) is 13.3. The zero-order chi connectivity index (χ0) is 17.3. The molecule has 0 aliphatic carbocycles. The highest BCUT2D eigenvalue weighted by molar-refractivity contribution is 5.57. The Morgan fingerprint density at radius 3 is 2.96 bits per heavy atom. The van der Waals surface area contributed by atoms with Gasteiger partial charge in [0.05, 0.1) is 19.4 Å². The van der Waals surface area contributed by atoms with E-state index in [1.165, 1.54) is 18.0 Å². The molecule has 1 aliphatic heterocycles. The summed E-state index contributed by atoms with van der Waals surface area (Å²) >= 11 is 0. The molecule has 4 unspecified atom stereocenters. The number of pyridine rings is 1. The number of rotatable bonds is 4. The summed E-state index contributed by atoms with van der Waals surface area (Å²) in [5.41, 5.74) is 1.53. The molecule has 1 aliphatic rings. The Kier molecular flexibility index (Phi) is 4.86. The third-order valence-electron chi connectivity index (χ3n) is 4.19. The second-order valence-corrected chi connectivity index (χ2v) is 5.73. The van der Waals surface area contributed by atoms with Crippen LogP contribution >= 0.6 is 0 Å². The summed E-state index contributed by atoms with van der Waals surface area (Å²) in [6.45, 7) is 1.53. The van der Waals surface area contributed by atoms with E-state index in [9.17, 15) is 14.6 Å². The fourth-order valence-corrected chi connectivity index (χ4v) is 2.80. The van der Waals surface area contributed by atoms with E-state index < -0.39 is 30.3 Å². The lowest BCUT2D eigenvalue weighted by Gasteiger charge is -2.38. The summed E-state index contributed by atoms with van der Waals surface area (Å²) in [5, 5.41) is 27.9. The number of hydrogen-bond donors (Lipinski definition) is 2. The topological polar surface area (TPSA) is 103 Å². The van der Waals surface area contributed by atoms with Crippen LogP contribution in [-0.2, 0) is 9.47 Å². The summed E-state index contributed by atoms with van der Waals surface area (Å²) in [5.74, 6) is -0.531. The van der Waals surface area contributed by atoms with Crippen molar-refractivity contribution in [2.75, 3.05) is 20.3 Å². The van der Waals surface area contributed by atoms with Crippen LogP contribution in [0.4, 0.5) is 4.39 Å². The van der Waals surface area contributed by atoms with Crippen molar-refractivity contribution in [3.05, 3.63) is 30.0 Å². The molecule has 1 fully saturated rings. The first-order valence-electron chi connectivity index (χ1n) is 7.52. The molecule has 2 aromatic heterocycles. The predicted molar refractivity (Wildman–Crippen MR) is 80.6 cm³/mol. The van der Waals surface area contributed by atoms with Crippen LogP contribution in [0.5, 0.6) is 0 Å². The maximum atomic E-state index is 13.3. The molecule has 8 nitrogen and oxygen atoms in total. The van der Waals surface area contributed by atoms with Gasteiger partial charge in [-0.1, -0.05) is 5.21 Å². The molecule has 3 rings (SSSR count). The number of aliphatic hydroxyl groups excluding tert-OH is 2. The van der Waals surface area contributed by atoms with Crippen LogP contribution in [0, 0.1) is 12.9 Å². The van der Waals surface area contributed by atoms with Gasteiger partial charge < -0.3 is 19.7 Å². The summed E-state index contributed by atoms with van der Waals surface area (Å²) in [6.07, 6.45) is 0.848. The van der Waals surface area contributed by atoms with Crippen molar-refractivity contribution in [3.8, 4) is 11.3 Å². The number of aryl methyl sites for hydroxylation is 1. The smallest absolute Gasteiger partial charge is 0.215 e. The number of hydrogen-bond acceptors (Lipinski definition) is 7. The average molecular weight is 338 g/mol. The Hall–Kier alpha value is -1.94. The molecule has 1 saturated heterocycles. The van der Waals surface area contributed by atoms with Crippen LogP contribution in [0.25, 0.3) is 11.3 Å². The molecule has 3 heterocycles. The highest BCUT2D eigenvalue weighted by atomic mass is 19.1. The van der Waals surface area contributed by atoms with Gasteiger partial charge in [0.1, 0.15) is 30.0 Å². The normalized spacial score (nSPS) is 27.4. The first kappa shape index (κ1) is 16.9. The molecule has 0 radical (unpaired) electrons. The summed E-state index contributed by atoms with van der Waals surface area (Å²) in [4.78, 5) is 3.68. The summed E-state index contributed by atoms with van der Waals surface area (Å²) < 4.78 is 25.5. The third kappa shape index (κ3) is 3.03. The second kappa shape index (κ2) is 6.89. The van der Waals surface area contributed by atoms with Crippen LogP contribution in [0.3, 0.4) is 0 Å². The maximum Gasteiger partial charge on any atom is 0.215 e. The molecule has 0 bridgehead atoms. The van der Waals surface area contributed by atoms with E-state index in [0.29, 0.717) is 16.8 Å². The van der Waals surface area contributed by atoms with E-state index >= 15 is 0 Å². The molecule has 130 valence electrons. The molecule has 9 heteroatoms. The van der Waals surface area contributed by atoms with Crippen molar-refractivity contribution in [1.82, 2.24) is 20.0 Å². The minimum atomic E-state index is -1.00. The fourth-order valence-electron chi connectivity index (χ4n) is 2.80. The molecular weight excluding hydrogens is 319 g/mol. The van der Waals surface area contributed by atoms with Gasteiger partial charge in [-0.3, -0.25) is 0 Å². The monoisotopic (exact) mass is 338 g/mol. The van der Waals surface area contributed by atoms with E-state index in [-0.39, 0.29) is 13.2 Å². The van der Waals surface area contributed by atoms with Crippen LogP contribution in [-0.4, -0.2) is 68.8 Å². The third-order valence-corrected chi connectivity index (χ3v) is 4.19. The Bertz CT molecular complexity index is 711. The van der Waals surface area contributed by atoms with Crippen molar-refractivity contribution in [3.63, 3.8) is 0 Å². The lowest BCUT2D eigenvalue weighted by atomic mass is 9.97. The van der Waals surface area contributed by atoms with E-state index in [1.54, 1.807) is 19.2 Å². The Labute approximate surface area is 137 Å². The number of aliphatic hydroxyl groups is 2. The van der Waals surface area contributed by atoms with Crippen molar-refractivity contribution in [2.24, 2.45) is 0 Å². The van der Waals surface area contributed by atoms with Gasteiger partial charge in [-0.15, -0.1) is 5.10 Å². The molecule has 0 amide bonds. The van der Waals surface area contributed by atoms with Crippen LogP contribution in [0.1, 0.15) is 11.6 Å². The molecule has 2 N–H and O–H groups in total. The van der Waals surface area contributed by atoms with Crippen molar-refractivity contribution >= 4 is 0 Å². The lowest BCUT2D eigenvalue weighted by molar-refractivity contribution is -0.174. The van der Waals surface area contributed by atoms with Gasteiger partial charge in [0.25, 0.3) is 0 Å². The Morgan fingerprint density at radius 2 is 2.29 bits per heavy atom. The van der Waals surface area contributed by atoms with Gasteiger partial charge in [-0.25, -0.2) is 9.67 Å². The lowest BCUT2D eigenvalue weighted by Crippen LogP contribution is -2.52. The van der Waals surface area contributed by atoms with Crippen molar-refractivity contribution in [1.29, 1.82) is 0 Å². The quantitative estimate of drug-likeness (QED) is 0.762. The van der Waals surface area contributed by atoms with Crippen LogP contribution < -0.4 is 0 Å². The highest BCUT2D eigenvalue weighted by Crippen LogP contribution is 2.28. The molecule has 4 atom stereocenters. The fraction of sp³-hybridized carbons (Fsp3) is 0.533. The van der Waals surface area contributed by atoms with Crippen LogP contribution in [0.15, 0.2) is 18.5 Å². The predicted octanol–water partition coefficient (Wildman–Crippen LogP) is 0.0957. The zero-order valence-corrected chi connectivity index (χ0v) is 13.3. The summed E-state index contributed by atoms with van der Waals surface area (Å²) in [6, 6.07) is 1.07. The van der Waals surface area contributed by atoms with E-state index in [4.69, 9.17) is 9.47 Å². The van der Waals surface area contributed by atoms with E-state index in [0.717, 1.165) is 0 Å². The first-order chi connectivity index (χ1) is 11.5. The van der Waals surface area contributed by atoms with Gasteiger partial charge >= 0.3 is 0 Å². The van der Waals surface area contributed by atoms with E-state index in [2.05, 4.69) is 15.3 Å². The van der Waals surface area contributed by atoms with Gasteiger partial charge in [0.15, 0.2) is 0 Å². The van der Waals surface area contributed by atoms with Gasteiger partial charge in [-0.2, -0.15) is 4.39 Å². The summed E-state index contributed by atoms with van der Waals surface area (Å²) in [7, 11) is 1.51. The van der Waals surface area contributed by atoms with Crippen LogP contribution in [0.2, 0.25) is 0 Å². The minimum absolute atomic E-state index is 0.218. The van der Waals surface area contributed by atoms with Crippen molar-refractivity contribution in [2.45, 2.75) is 31.3 Å². The second-order valence-electron chi connectivity index (χ2n) is 5.73. The van der Waals surface area contributed by atoms with Gasteiger partial charge in [0.2, 0.25) is 5.95 Å². The molecule has 0 aromatic carbocycles. The number of ether oxygens (including phenoxy) is 2. The molecule has 0 spiro atoms. The van der Waals surface area contributed by atoms with Gasteiger partial charge in [-0.05, 0) is 13.0 Å².